The highest BCUT2D eigenvalue weighted by Crippen LogP contribution is 2.16. The van der Waals surface area contributed by atoms with Gasteiger partial charge in [-0.25, -0.2) is 13.1 Å². The third-order valence-electron chi connectivity index (χ3n) is 2.33. The van der Waals surface area contributed by atoms with Crippen LogP contribution in [0.2, 0.25) is 0 Å². The third kappa shape index (κ3) is 4.26. The van der Waals surface area contributed by atoms with Gasteiger partial charge in [-0.3, -0.25) is 0 Å². The van der Waals surface area contributed by atoms with Crippen molar-refractivity contribution in [3.8, 4) is 0 Å². The molecule has 0 saturated carbocycles. The highest BCUT2D eigenvalue weighted by Gasteiger charge is 2.13. The molecule has 0 aliphatic rings. The lowest BCUT2D eigenvalue weighted by Crippen LogP contribution is -2.27. The van der Waals surface area contributed by atoms with Crippen LogP contribution in [0.15, 0.2) is 23.1 Å². The zero-order valence-electron chi connectivity index (χ0n) is 10.2. The highest BCUT2D eigenvalue weighted by molar-refractivity contribution is 7.89. The van der Waals surface area contributed by atoms with E-state index >= 15 is 0 Å². The molecule has 0 bridgehead atoms. The topological polar surface area (TPSA) is 102 Å². The number of ether oxygens (including phenoxy) is 1. The molecule has 0 spiro atoms. The molecule has 0 saturated heterocycles. The van der Waals surface area contributed by atoms with Gasteiger partial charge in [0.15, 0.2) is 0 Å². The first-order chi connectivity index (χ1) is 8.47. The number of anilines is 1. The van der Waals surface area contributed by atoms with E-state index in [0.29, 0.717) is 5.69 Å². The second kappa shape index (κ2) is 6.69. The van der Waals surface area contributed by atoms with Gasteiger partial charge in [-0.2, -0.15) is 0 Å². The molecule has 0 aromatic heterocycles. The molecular weight excluding hydrogens is 256 g/mol. The molecule has 1 rings (SSSR count). The largest absolute Gasteiger partial charge is 0.399 e. The van der Waals surface area contributed by atoms with E-state index in [1.165, 1.54) is 12.1 Å². The van der Waals surface area contributed by atoms with Gasteiger partial charge < -0.3 is 15.6 Å². The van der Waals surface area contributed by atoms with E-state index in [4.69, 9.17) is 15.6 Å². The maximum Gasteiger partial charge on any atom is 0.240 e. The van der Waals surface area contributed by atoms with Gasteiger partial charge in [0.05, 0.1) is 24.7 Å². The first-order valence-electron chi connectivity index (χ1n) is 5.52. The summed E-state index contributed by atoms with van der Waals surface area (Å²) >= 11 is 0. The minimum atomic E-state index is -3.53. The quantitative estimate of drug-likeness (QED) is 0.474. The number of benzene rings is 1. The molecule has 0 fully saturated rings. The lowest BCUT2D eigenvalue weighted by atomic mass is 10.2. The number of nitrogens with two attached hydrogens (primary N) is 1. The molecule has 1 aromatic rings. The SMILES string of the molecule is Cc1cc(S(=O)(=O)NCCOCCO)ccc1N. The first kappa shape index (κ1) is 14.9. The van der Waals surface area contributed by atoms with Gasteiger partial charge >= 0.3 is 0 Å². The maximum atomic E-state index is 11.9. The predicted octanol–water partition coefficient (Wildman–Crippen LogP) is -0.136. The molecule has 0 aliphatic carbocycles. The third-order valence-corrected chi connectivity index (χ3v) is 3.78. The smallest absolute Gasteiger partial charge is 0.240 e. The van der Waals surface area contributed by atoms with Gasteiger partial charge in [0.1, 0.15) is 0 Å². The van der Waals surface area contributed by atoms with Crippen molar-refractivity contribution >= 4 is 15.7 Å². The fraction of sp³-hybridized carbons (Fsp3) is 0.455. The fourth-order valence-corrected chi connectivity index (χ4v) is 2.41. The van der Waals surface area contributed by atoms with Crippen LogP contribution in [0.5, 0.6) is 0 Å². The van der Waals surface area contributed by atoms with Crippen LogP contribution in [-0.4, -0.2) is 39.9 Å². The average molecular weight is 274 g/mol. The predicted molar refractivity (Wildman–Crippen MR) is 68.7 cm³/mol. The summed E-state index contributed by atoms with van der Waals surface area (Å²) in [6.45, 7) is 2.24. The number of aryl methyl sites for hydroxylation is 1. The lowest BCUT2D eigenvalue weighted by Gasteiger charge is -2.08. The Hall–Kier alpha value is -1.15. The normalized spacial score (nSPS) is 11.7. The number of hydrogen-bond acceptors (Lipinski definition) is 5. The van der Waals surface area contributed by atoms with Gasteiger partial charge in [-0.05, 0) is 30.7 Å². The fourth-order valence-electron chi connectivity index (χ4n) is 1.31. The van der Waals surface area contributed by atoms with Gasteiger partial charge in [-0.15, -0.1) is 0 Å². The molecule has 0 atom stereocenters. The van der Waals surface area contributed by atoms with Crippen molar-refractivity contribution in [2.75, 3.05) is 32.1 Å². The summed E-state index contributed by atoms with van der Waals surface area (Å²) in [5.74, 6) is 0. The summed E-state index contributed by atoms with van der Waals surface area (Å²) in [6.07, 6.45) is 0. The molecule has 0 radical (unpaired) electrons. The van der Waals surface area contributed by atoms with E-state index in [2.05, 4.69) is 4.72 Å². The maximum absolute atomic E-state index is 11.9. The Morgan fingerprint density at radius 1 is 1.39 bits per heavy atom. The average Bonchev–Trinajstić information content (AvgIpc) is 2.32. The number of rotatable bonds is 7. The minimum Gasteiger partial charge on any atom is -0.399 e. The Morgan fingerprint density at radius 3 is 2.72 bits per heavy atom. The number of sulfonamides is 1. The van der Waals surface area contributed by atoms with E-state index in [-0.39, 0.29) is 31.3 Å². The summed E-state index contributed by atoms with van der Waals surface area (Å²) in [4.78, 5) is 0.177. The Morgan fingerprint density at radius 2 is 2.11 bits per heavy atom. The van der Waals surface area contributed by atoms with Crippen molar-refractivity contribution in [2.24, 2.45) is 0 Å². The number of nitrogens with one attached hydrogen (secondary N) is 1. The molecule has 6 nitrogen and oxygen atoms in total. The molecule has 18 heavy (non-hydrogen) atoms. The Kier molecular flexibility index (Phi) is 5.54. The van der Waals surface area contributed by atoms with E-state index in [9.17, 15) is 8.42 Å². The van der Waals surface area contributed by atoms with Crippen LogP contribution in [0.3, 0.4) is 0 Å². The van der Waals surface area contributed by atoms with E-state index < -0.39 is 10.0 Å². The Balaban J connectivity index is 2.60. The molecule has 0 amide bonds. The monoisotopic (exact) mass is 274 g/mol. The molecule has 0 aliphatic heterocycles. The van der Waals surface area contributed by atoms with Crippen LogP contribution < -0.4 is 10.5 Å². The van der Waals surface area contributed by atoms with Crippen LogP contribution in [0.1, 0.15) is 5.56 Å². The summed E-state index contributed by atoms with van der Waals surface area (Å²) in [6, 6.07) is 4.54. The van der Waals surface area contributed by atoms with E-state index in [1.807, 2.05) is 0 Å². The lowest BCUT2D eigenvalue weighted by molar-refractivity contribution is 0.0961. The summed E-state index contributed by atoms with van der Waals surface area (Å²) < 4.78 is 31.1. The van der Waals surface area contributed by atoms with Crippen LogP contribution in [-0.2, 0) is 14.8 Å². The summed E-state index contributed by atoms with van der Waals surface area (Å²) in [5, 5.41) is 8.48. The Labute approximate surface area is 107 Å². The van der Waals surface area contributed by atoms with Gasteiger partial charge in [0.2, 0.25) is 10.0 Å². The van der Waals surface area contributed by atoms with Crippen molar-refractivity contribution in [1.82, 2.24) is 4.72 Å². The van der Waals surface area contributed by atoms with E-state index in [0.717, 1.165) is 5.56 Å². The molecule has 1 aromatic carbocycles. The summed E-state index contributed by atoms with van der Waals surface area (Å²) in [7, 11) is -3.53. The van der Waals surface area contributed by atoms with Crippen molar-refractivity contribution in [3.05, 3.63) is 23.8 Å². The first-order valence-corrected chi connectivity index (χ1v) is 7.00. The number of aliphatic hydroxyl groups excluding tert-OH is 1. The van der Waals surface area contributed by atoms with Crippen molar-refractivity contribution in [3.63, 3.8) is 0 Å². The second-order valence-electron chi connectivity index (χ2n) is 3.75. The standard InChI is InChI=1S/C11H18N2O4S/c1-9-8-10(2-3-11(9)12)18(15,16)13-4-6-17-7-5-14/h2-3,8,13-14H,4-7,12H2,1H3. The molecule has 0 unspecified atom stereocenters. The van der Waals surface area contributed by atoms with Crippen LogP contribution in [0.25, 0.3) is 0 Å². The van der Waals surface area contributed by atoms with E-state index in [1.54, 1.807) is 13.0 Å². The van der Waals surface area contributed by atoms with Crippen molar-refractivity contribution in [1.29, 1.82) is 0 Å². The minimum absolute atomic E-state index is 0.0795. The molecule has 4 N–H and O–H groups in total. The zero-order valence-corrected chi connectivity index (χ0v) is 11.0. The zero-order chi connectivity index (χ0) is 13.6. The molecule has 0 heterocycles. The van der Waals surface area contributed by atoms with Crippen molar-refractivity contribution in [2.45, 2.75) is 11.8 Å². The second-order valence-corrected chi connectivity index (χ2v) is 5.52. The number of aliphatic hydroxyl groups is 1. The van der Waals surface area contributed by atoms with Gasteiger partial charge in [-0.1, -0.05) is 0 Å². The van der Waals surface area contributed by atoms with Crippen LogP contribution in [0.4, 0.5) is 5.69 Å². The van der Waals surface area contributed by atoms with Crippen LogP contribution in [0, 0.1) is 6.92 Å². The van der Waals surface area contributed by atoms with Crippen molar-refractivity contribution < 1.29 is 18.3 Å². The van der Waals surface area contributed by atoms with Crippen LogP contribution >= 0.6 is 0 Å². The van der Waals surface area contributed by atoms with Gasteiger partial charge in [0, 0.05) is 12.2 Å². The Bertz CT molecular complexity index is 488. The molecule has 7 heteroatoms. The molecular formula is C11H18N2O4S. The van der Waals surface area contributed by atoms with Gasteiger partial charge in [0.25, 0.3) is 0 Å². The summed E-state index contributed by atoms with van der Waals surface area (Å²) in [5.41, 5.74) is 6.90. The highest BCUT2D eigenvalue weighted by atomic mass is 32.2. The molecule has 102 valence electrons. The number of nitrogen functional groups attached to an aromatic ring is 1. The number of hydrogen-bond donors (Lipinski definition) is 3.